The molecule has 0 saturated carbocycles. The average Bonchev–Trinajstić information content (AvgIpc) is 2.52. The number of nitrogens with two attached hydrogens (primary N) is 1. The number of hydrogen-bond donors (Lipinski definition) is 1. The molecule has 112 valence electrons. The van der Waals surface area contributed by atoms with Crippen molar-refractivity contribution in [1.29, 1.82) is 0 Å². The highest BCUT2D eigenvalue weighted by atomic mass is 16.5. The van der Waals surface area contributed by atoms with Gasteiger partial charge in [0.1, 0.15) is 11.6 Å². The summed E-state index contributed by atoms with van der Waals surface area (Å²) in [6.45, 7) is 6.13. The topological polar surface area (TPSA) is 64.3 Å². The van der Waals surface area contributed by atoms with Crippen molar-refractivity contribution < 1.29 is 4.74 Å². The number of ether oxygens (including phenoxy) is 1. The van der Waals surface area contributed by atoms with Crippen molar-refractivity contribution in [3.63, 3.8) is 0 Å². The van der Waals surface area contributed by atoms with Crippen molar-refractivity contribution in [2.24, 2.45) is 5.73 Å². The molecule has 2 rings (SSSR count). The van der Waals surface area contributed by atoms with E-state index in [1.807, 2.05) is 25.1 Å². The maximum atomic E-state index is 5.81. The number of aryl methyl sites for hydroxylation is 1. The molecule has 0 bridgehead atoms. The maximum absolute atomic E-state index is 5.81. The van der Waals surface area contributed by atoms with Gasteiger partial charge in [0, 0.05) is 25.7 Å². The highest BCUT2D eigenvalue weighted by Crippen LogP contribution is 2.20. The normalized spacial score (nSPS) is 10.5. The molecule has 2 N–H and O–H groups in total. The molecule has 2 aromatic rings. The number of anilines is 1. The first-order valence-electron chi connectivity index (χ1n) is 7.09. The molecule has 0 aliphatic heterocycles. The molecular weight excluding hydrogens is 264 g/mol. The third kappa shape index (κ3) is 3.70. The van der Waals surface area contributed by atoms with Gasteiger partial charge in [0.15, 0.2) is 0 Å². The lowest BCUT2D eigenvalue weighted by atomic mass is 10.1. The number of rotatable bonds is 6. The van der Waals surface area contributed by atoms with Crippen molar-refractivity contribution >= 4 is 5.82 Å². The van der Waals surface area contributed by atoms with Gasteiger partial charge in [-0.1, -0.05) is 24.3 Å². The summed E-state index contributed by atoms with van der Waals surface area (Å²) in [6.07, 6.45) is 0. The second-order valence-electron chi connectivity index (χ2n) is 4.80. The Bertz CT molecular complexity index is 601. The first-order valence-corrected chi connectivity index (χ1v) is 7.09. The zero-order valence-electron chi connectivity index (χ0n) is 12.8. The summed E-state index contributed by atoms with van der Waals surface area (Å²) in [4.78, 5) is 10.9. The van der Waals surface area contributed by atoms with Gasteiger partial charge in [0.2, 0.25) is 5.88 Å². The van der Waals surface area contributed by atoms with Crippen LogP contribution in [-0.2, 0) is 13.1 Å². The number of aromatic nitrogens is 2. The lowest BCUT2D eigenvalue weighted by molar-refractivity contribution is 0.395. The second kappa shape index (κ2) is 7.04. The average molecular weight is 286 g/mol. The van der Waals surface area contributed by atoms with Crippen LogP contribution in [0.15, 0.2) is 30.3 Å². The summed E-state index contributed by atoms with van der Waals surface area (Å²) in [5.41, 5.74) is 8.19. The maximum Gasteiger partial charge on any atom is 0.218 e. The molecule has 1 heterocycles. The zero-order chi connectivity index (χ0) is 15.2. The van der Waals surface area contributed by atoms with E-state index < -0.39 is 0 Å². The molecule has 0 aliphatic rings. The van der Waals surface area contributed by atoms with Gasteiger partial charge in [0.05, 0.1) is 7.11 Å². The number of nitrogens with zero attached hydrogens (tertiary/aromatic N) is 3. The number of methoxy groups -OCH3 is 1. The molecule has 5 nitrogen and oxygen atoms in total. The van der Waals surface area contributed by atoms with Crippen LogP contribution in [0.3, 0.4) is 0 Å². The predicted octanol–water partition coefficient (Wildman–Crippen LogP) is 2.28. The highest BCUT2D eigenvalue weighted by Gasteiger charge is 2.11. The Morgan fingerprint density at radius 1 is 1.19 bits per heavy atom. The van der Waals surface area contributed by atoms with Gasteiger partial charge in [-0.25, -0.2) is 4.98 Å². The third-order valence-electron chi connectivity index (χ3n) is 3.42. The molecule has 1 aromatic carbocycles. The Morgan fingerprint density at radius 3 is 2.52 bits per heavy atom. The van der Waals surface area contributed by atoms with E-state index in [9.17, 15) is 0 Å². The molecule has 1 aromatic heterocycles. The Labute approximate surface area is 125 Å². The summed E-state index contributed by atoms with van der Waals surface area (Å²) in [5.74, 6) is 2.16. The largest absolute Gasteiger partial charge is 0.481 e. The van der Waals surface area contributed by atoms with Gasteiger partial charge < -0.3 is 15.4 Å². The molecule has 0 amide bonds. The van der Waals surface area contributed by atoms with E-state index >= 15 is 0 Å². The van der Waals surface area contributed by atoms with Crippen molar-refractivity contribution in [2.45, 2.75) is 26.9 Å². The quantitative estimate of drug-likeness (QED) is 0.882. The molecule has 0 spiro atoms. The van der Waals surface area contributed by atoms with Crippen LogP contribution in [0.4, 0.5) is 5.82 Å². The van der Waals surface area contributed by atoms with Gasteiger partial charge in [-0.15, -0.1) is 0 Å². The molecule has 21 heavy (non-hydrogen) atoms. The van der Waals surface area contributed by atoms with Crippen LogP contribution in [-0.4, -0.2) is 23.6 Å². The summed E-state index contributed by atoms with van der Waals surface area (Å²) >= 11 is 0. The van der Waals surface area contributed by atoms with Crippen molar-refractivity contribution in [2.75, 3.05) is 18.6 Å². The molecule has 0 unspecified atom stereocenters. The van der Waals surface area contributed by atoms with Crippen LogP contribution in [0, 0.1) is 6.92 Å². The van der Waals surface area contributed by atoms with E-state index in [0.29, 0.717) is 18.2 Å². The van der Waals surface area contributed by atoms with Crippen molar-refractivity contribution in [3.05, 3.63) is 47.3 Å². The van der Waals surface area contributed by atoms with Gasteiger partial charge >= 0.3 is 0 Å². The van der Waals surface area contributed by atoms with E-state index in [2.05, 4.69) is 33.9 Å². The lowest BCUT2D eigenvalue weighted by Gasteiger charge is -2.23. The van der Waals surface area contributed by atoms with Crippen LogP contribution in [0.1, 0.15) is 23.9 Å². The standard InChI is InChI=1S/C16H22N4O/c1-4-20(11-14-8-6-5-7-13(14)10-17)15-9-16(21-3)19-12(2)18-15/h5-9H,4,10-11,17H2,1-3H3. The van der Waals surface area contributed by atoms with E-state index in [-0.39, 0.29) is 0 Å². The fraction of sp³-hybridized carbons (Fsp3) is 0.375. The van der Waals surface area contributed by atoms with Gasteiger partial charge in [-0.05, 0) is 25.0 Å². The smallest absolute Gasteiger partial charge is 0.218 e. The summed E-state index contributed by atoms with van der Waals surface area (Å²) < 4.78 is 5.23. The molecule has 0 aliphatic carbocycles. The van der Waals surface area contributed by atoms with Crippen molar-refractivity contribution in [3.8, 4) is 5.88 Å². The Morgan fingerprint density at radius 2 is 1.90 bits per heavy atom. The summed E-state index contributed by atoms with van der Waals surface area (Å²) in [6, 6.07) is 10.1. The third-order valence-corrected chi connectivity index (χ3v) is 3.42. The molecular formula is C16H22N4O. The van der Waals surface area contributed by atoms with Crippen LogP contribution in [0.5, 0.6) is 5.88 Å². The molecule has 0 radical (unpaired) electrons. The summed E-state index contributed by atoms with van der Waals surface area (Å²) in [7, 11) is 1.62. The minimum atomic E-state index is 0.542. The van der Waals surface area contributed by atoms with Gasteiger partial charge in [0.25, 0.3) is 0 Å². The van der Waals surface area contributed by atoms with E-state index in [1.165, 1.54) is 5.56 Å². The minimum absolute atomic E-state index is 0.542. The van der Waals surface area contributed by atoms with Crippen molar-refractivity contribution in [1.82, 2.24) is 9.97 Å². The summed E-state index contributed by atoms with van der Waals surface area (Å²) in [5, 5.41) is 0. The second-order valence-corrected chi connectivity index (χ2v) is 4.80. The minimum Gasteiger partial charge on any atom is -0.481 e. The van der Waals surface area contributed by atoms with Gasteiger partial charge in [-0.2, -0.15) is 4.98 Å². The zero-order valence-corrected chi connectivity index (χ0v) is 12.8. The molecule has 5 heteroatoms. The molecule has 0 atom stereocenters. The van der Waals surface area contributed by atoms with Crippen LogP contribution < -0.4 is 15.4 Å². The fourth-order valence-corrected chi connectivity index (χ4v) is 2.26. The Hall–Kier alpha value is -2.14. The SMILES string of the molecule is CCN(Cc1ccccc1CN)c1cc(OC)nc(C)n1. The van der Waals surface area contributed by atoms with Crippen LogP contribution in [0.25, 0.3) is 0 Å². The van der Waals surface area contributed by atoms with E-state index in [4.69, 9.17) is 10.5 Å². The van der Waals surface area contributed by atoms with E-state index in [0.717, 1.165) is 24.5 Å². The fourth-order valence-electron chi connectivity index (χ4n) is 2.26. The monoisotopic (exact) mass is 286 g/mol. The lowest BCUT2D eigenvalue weighted by Crippen LogP contribution is -2.24. The molecule has 0 fully saturated rings. The highest BCUT2D eigenvalue weighted by molar-refractivity contribution is 5.43. The predicted molar refractivity (Wildman–Crippen MR) is 84.4 cm³/mol. The number of hydrogen-bond acceptors (Lipinski definition) is 5. The molecule has 0 saturated heterocycles. The van der Waals surface area contributed by atoms with Crippen LogP contribution in [0.2, 0.25) is 0 Å². The first kappa shape index (κ1) is 15.3. The van der Waals surface area contributed by atoms with E-state index in [1.54, 1.807) is 7.11 Å². The van der Waals surface area contributed by atoms with Gasteiger partial charge in [-0.3, -0.25) is 0 Å². The first-order chi connectivity index (χ1) is 10.2. The van der Waals surface area contributed by atoms with Crippen LogP contribution >= 0.6 is 0 Å². The Balaban J connectivity index is 2.29. The number of benzene rings is 1. The Kier molecular flexibility index (Phi) is 5.11.